The third kappa shape index (κ3) is 3.57. The van der Waals surface area contributed by atoms with E-state index in [1.54, 1.807) is 12.4 Å². The molecule has 0 aliphatic carbocycles. The molecular formula is C8H13N3S. The van der Waals surface area contributed by atoms with E-state index in [4.69, 9.17) is 0 Å². The third-order valence-corrected chi connectivity index (χ3v) is 2.11. The van der Waals surface area contributed by atoms with Crippen molar-refractivity contribution in [2.45, 2.75) is 6.42 Å². The fourth-order valence-electron chi connectivity index (χ4n) is 0.840. The molecule has 0 unspecified atom stereocenters. The van der Waals surface area contributed by atoms with Crippen molar-refractivity contribution in [3.05, 3.63) is 18.7 Å². The first-order valence-corrected chi connectivity index (χ1v) is 5.30. The molecule has 1 heterocycles. The number of rotatable bonds is 5. The van der Waals surface area contributed by atoms with Crippen molar-refractivity contribution < 1.29 is 0 Å². The number of thioether (sulfide) groups is 1. The number of aromatic nitrogens is 2. The Bertz CT molecular complexity index is 203. The van der Waals surface area contributed by atoms with Gasteiger partial charge in [-0.05, 0) is 18.4 Å². The Morgan fingerprint density at radius 3 is 2.83 bits per heavy atom. The highest BCUT2D eigenvalue weighted by Crippen LogP contribution is 2.01. The lowest BCUT2D eigenvalue weighted by atomic mass is 10.4. The number of nitrogens with one attached hydrogen (secondary N) is 1. The minimum atomic E-state index is 0.994. The number of hydrogen-bond donors (Lipinski definition) is 1. The summed E-state index contributed by atoms with van der Waals surface area (Å²) in [6.07, 6.45) is 8.40. The van der Waals surface area contributed by atoms with Crippen LogP contribution in [0, 0.1) is 0 Å². The van der Waals surface area contributed by atoms with Crippen LogP contribution in [0.2, 0.25) is 0 Å². The van der Waals surface area contributed by atoms with E-state index in [0.29, 0.717) is 0 Å². The van der Waals surface area contributed by atoms with Gasteiger partial charge in [0.05, 0.1) is 18.1 Å². The second-order valence-corrected chi connectivity index (χ2v) is 3.39. The molecule has 0 radical (unpaired) electrons. The third-order valence-electron chi connectivity index (χ3n) is 1.41. The Morgan fingerprint density at radius 1 is 1.42 bits per heavy atom. The topological polar surface area (TPSA) is 37.8 Å². The highest BCUT2D eigenvalue weighted by Gasteiger charge is 1.89. The molecule has 0 saturated heterocycles. The Balaban J connectivity index is 2.16. The summed E-state index contributed by atoms with van der Waals surface area (Å²) in [7, 11) is 0. The van der Waals surface area contributed by atoms with Gasteiger partial charge in [-0.1, -0.05) is 0 Å². The standard InChI is InChI=1S/C8H13N3S/c1-12-4-2-3-11-8-5-9-7-10-6-8/h5-7,11H,2-4H2,1H3. The maximum absolute atomic E-state index is 3.90. The van der Waals surface area contributed by atoms with Crippen LogP contribution in [0.15, 0.2) is 18.7 Å². The molecule has 1 rings (SSSR count). The summed E-state index contributed by atoms with van der Waals surface area (Å²) in [5.41, 5.74) is 0.999. The Morgan fingerprint density at radius 2 is 2.17 bits per heavy atom. The Hall–Kier alpha value is -0.770. The normalized spacial score (nSPS) is 9.75. The van der Waals surface area contributed by atoms with Crippen LogP contribution in [0.25, 0.3) is 0 Å². The van der Waals surface area contributed by atoms with E-state index < -0.39 is 0 Å². The molecule has 1 N–H and O–H groups in total. The average molecular weight is 183 g/mol. The van der Waals surface area contributed by atoms with Crippen LogP contribution in [-0.2, 0) is 0 Å². The summed E-state index contributed by atoms with van der Waals surface area (Å²) in [6.45, 7) is 0.994. The Labute approximate surface area is 77.0 Å². The SMILES string of the molecule is CSCCCNc1cncnc1. The van der Waals surface area contributed by atoms with E-state index in [-0.39, 0.29) is 0 Å². The van der Waals surface area contributed by atoms with Gasteiger partial charge in [-0.2, -0.15) is 11.8 Å². The molecule has 0 atom stereocenters. The first-order valence-electron chi connectivity index (χ1n) is 3.91. The van der Waals surface area contributed by atoms with Crippen LogP contribution in [0.3, 0.4) is 0 Å². The summed E-state index contributed by atoms with van der Waals surface area (Å²) in [6, 6.07) is 0. The first-order chi connectivity index (χ1) is 5.93. The molecule has 0 amide bonds. The van der Waals surface area contributed by atoms with Crippen molar-refractivity contribution in [3.63, 3.8) is 0 Å². The number of hydrogen-bond acceptors (Lipinski definition) is 4. The van der Waals surface area contributed by atoms with Crippen molar-refractivity contribution in [2.75, 3.05) is 23.9 Å². The van der Waals surface area contributed by atoms with Gasteiger partial charge in [0, 0.05) is 6.54 Å². The molecular weight excluding hydrogens is 170 g/mol. The molecule has 3 nitrogen and oxygen atoms in total. The van der Waals surface area contributed by atoms with Crippen LogP contribution in [-0.4, -0.2) is 28.5 Å². The van der Waals surface area contributed by atoms with Crippen molar-refractivity contribution in [3.8, 4) is 0 Å². The molecule has 0 aliphatic heterocycles. The van der Waals surface area contributed by atoms with E-state index in [1.165, 1.54) is 18.5 Å². The number of anilines is 1. The molecule has 0 saturated carbocycles. The van der Waals surface area contributed by atoms with Gasteiger partial charge < -0.3 is 5.32 Å². The van der Waals surface area contributed by atoms with Gasteiger partial charge in [0.1, 0.15) is 6.33 Å². The zero-order chi connectivity index (χ0) is 8.65. The molecule has 1 aromatic heterocycles. The Kier molecular flexibility index (Phi) is 4.52. The van der Waals surface area contributed by atoms with Crippen molar-refractivity contribution in [2.24, 2.45) is 0 Å². The fraction of sp³-hybridized carbons (Fsp3) is 0.500. The van der Waals surface area contributed by atoms with Gasteiger partial charge in [0.2, 0.25) is 0 Å². The van der Waals surface area contributed by atoms with E-state index >= 15 is 0 Å². The lowest BCUT2D eigenvalue weighted by molar-refractivity contribution is 0.985. The molecule has 12 heavy (non-hydrogen) atoms. The van der Waals surface area contributed by atoms with Crippen LogP contribution < -0.4 is 5.32 Å². The molecule has 0 fully saturated rings. The van der Waals surface area contributed by atoms with Crippen molar-refractivity contribution >= 4 is 17.4 Å². The van der Waals surface area contributed by atoms with Gasteiger partial charge in [-0.25, -0.2) is 9.97 Å². The lowest BCUT2D eigenvalue weighted by Crippen LogP contribution is -2.02. The van der Waals surface area contributed by atoms with E-state index in [9.17, 15) is 0 Å². The number of nitrogens with zero attached hydrogens (tertiary/aromatic N) is 2. The minimum Gasteiger partial charge on any atom is -0.383 e. The van der Waals surface area contributed by atoms with Gasteiger partial charge in [0.15, 0.2) is 0 Å². The molecule has 66 valence electrons. The van der Waals surface area contributed by atoms with Gasteiger partial charge in [0.25, 0.3) is 0 Å². The molecule has 0 aromatic carbocycles. The van der Waals surface area contributed by atoms with Gasteiger partial charge in [-0.15, -0.1) is 0 Å². The molecule has 0 bridgehead atoms. The minimum absolute atomic E-state index is 0.994. The van der Waals surface area contributed by atoms with Gasteiger partial charge in [-0.3, -0.25) is 0 Å². The maximum Gasteiger partial charge on any atom is 0.115 e. The summed E-state index contributed by atoms with van der Waals surface area (Å²) in [5, 5.41) is 3.24. The largest absolute Gasteiger partial charge is 0.383 e. The highest BCUT2D eigenvalue weighted by atomic mass is 32.2. The summed E-state index contributed by atoms with van der Waals surface area (Å²) >= 11 is 1.87. The second kappa shape index (κ2) is 5.83. The average Bonchev–Trinajstić information content (AvgIpc) is 2.14. The fourth-order valence-corrected chi connectivity index (χ4v) is 1.27. The second-order valence-electron chi connectivity index (χ2n) is 2.40. The quantitative estimate of drug-likeness (QED) is 0.704. The van der Waals surface area contributed by atoms with Crippen LogP contribution >= 0.6 is 11.8 Å². The zero-order valence-electron chi connectivity index (χ0n) is 7.16. The monoisotopic (exact) mass is 183 g/mol. The molecule has 0 spiro atoms. The van der Waals surface area contributed by atoms with Crippen LogP contribution in [0.5, 0.6) is 0 Å². The molecule has 0 aliphatic rings. The van der Waals surface area contributed by atoms with Crippen LogP contribution in [0.4, 0.5) is 5.69 Å². The predicted molar refractivity (Wildman–Crippen MR) is 53.5 cm³/mol. The zero-order valence-corrected chi connectivity index (χ0v) is 7.97. The predicted octanol–water partition coefficient (Wildman–Crippen LogP) is 1.64. The van der Waals surface area contributed by atoms with E-state index in [0.717, 1.165) is 12.2 Å². The van der Waals surface area contributed by atoms with Gasteiger partial charge >= 0.3 is 0 Å². The van der Waals surface area contributed by atoms with E-state index in [1.807, 2.05) is 11.8 Å². The van der Waals surface area contributed by atoms with Crippen molar-refractivity contribution in [1.82, 2.24) is 9.97 Å². The molecule has 1 aromatic rings. The van der Waals surface area contributed by atoms with E-state index in [2.05, 4.69) is 21.5 Å². The smallest absolute Gasteiger partial charge is 0.115 e. The summed E-state index contributed by atoms with van der Waals surface area (Å²) in [5.74, 6) is 1.20. The first kappa shape index (κ1) is 9.32. The maximum atomic E-state index is 3.90. The summed E-state index contributed by atoms with van der Waals surface area (Å²) < 4.78 is 0. The lowest BCUT2D eigenvalue weighted by Gasteiger charge is -2.02. The highest BCUT2D eigenvalue weighted by molar-refractivity contribution is 7.98. The van der Waals surface area contributed by atoms with Crippen molar-refractivity contribution in [1.29, 1.82) is 0 Å². The molecule has 4 heteroatoms. The summed E-state index contributed by atoms with van der Waals surface area (Å²) in [4.78, 5) is 7.81. The van der Waals surface area contributed by atoms with Crippen LogP contribution in [0.1, 0.15) is 6.42 Å².